The van der Waals surface area contributed by atoms with E-state index in [4.69, 9.17) is 16.2 Å². The maximum Gasteiger partial charge on any atom is 0.351 e. The summed E-state index contributed by atoms with van der Waals surface area (Å²) in [6, 6.07) is -0.350. The molecule has 1 aliphatic rings. The molecule has 3 atom stereocenters. The lowest BCUT2D eigenvalue weighted by Crippen LogP contribution is -2.33. The van der Waals surface area contributed by atoms with Gasteiger partial charge in [0, 0.05) is 24.2 Å². The Bertz CT molecular complexity index is 531. The quantitative estimate of drug-likeness (QED) is 0.552. The lowest BCUT2D eigenvalue weighted by molar-refractivity contribution is -0.0454. The molecule has 2 heterocycles. The first kappa shape index (κ1) is 13.4. The standard InChI is InChI=1S/C10H15N5O4/c1-5-3-15(10(16)13-9(5)12)8-2-6(11)7(19-8)4-18-14-17/h3,6-8H,2,4,11H2,1H3,(H2,12,13,16)/t6-,7?,8-/m1/s1. The fourth-order valence-electron chi connectivity index (χ4n) is 1.97. The average Bonchev–Trinajstić information content (AvgIpc) is 2.72. The van der Waals surface area contributed by atoms with Crippen LogP contribution in [0.2, 0.25) is 0 Å². The summed E-state index contributed by atoms with van der Waals surface area (Å²) in [5.74, 6) is 0.189. The van der Waals surface area contributed by atoms with Crippen LogP contribution < -0.4 is 17.2 Å². The zero-order valence-corrected chi connectivity index (χ0v) is 10.4. The van der Waals surface area contributed by atoms with Crippen molar-refractivity contribution in [1.29, 1.82) is 0 Å². The molecule has 0 spiro atoms. The third kappa shape index (κ3) is 2.71. The number of anilines is 1. The number of aryl methyl sites for hydroxylation is 1. The van der Waals surface area contributed by atoms with Gasteiger partial charge in [0.25, 0.3) is 0 Å². The van der Waals surface area contributed by atoms with Crippen LogP contribution in [0.15, 0.2) is 16.3 Å². The number of hydrogen-bond donors (Lipinski definition) is 2. The topological polar surface area (TPSA) is 135 Å². The molecule has 0 bridgehead atoms. The van der Waals surface area contributed by atoms with Crippen LogP contribution in [-0.4, -0.2) is 28.3 Å². The van der Waals surface area contributed by atoms with Crippen molar-refractivity contribution in [3.05, 3.63) is 27.2 Å². The molecular formula is C10H15N5O4. The van der Waals surface area contributed by atoms with E-state index in [0.717, 1.165) is 0 Å². The maximum atomic E-state index is 11.8. The van der Waals surface area contributed by atoms with Crippen LogP contribution in [0.3, 0.4) is 0 Å². The number of rotatable bonds is 4. The molecule has 1 saturated heterocycles. The lowest BCUT2D eigenvalue weighted by Gasteiger charge is -2.15. The Morgan fingerprint density at radius 1 is 1.68 bits per heavy atom. The van der Waals surface area contributed by atoms with Gasteiger partial charge in [0.1, 0.15) is 24.8 Å². The zero-order valence-electron chi connectivity index (χ0n) is 10.4. The van der Waals surface area contributed by atoms with Gasteiger partial charge in [0.2, 0.25) is 0 Å². The minimum atomic E-state index is -0.547. The highest BCUT2D eigenvalue weighted by molar-refractivity contribution is 5.35. The second kappa shape index (κ2) is 5.33. The molecule has 9 nitrogen and oxygen atoms in total. The van der Waals surface area contributed by atoms with E-state index in [-0.39, 0.29) is 18.5 Å². The van der Waals surface area contributed by atoms with Gasteiger partial charge < -0.3 is 21.0 Å². The molecule has 1 aromatic heterocycles. The molecule has 2 rings (SSSR count). The van der Waals surface area contributed by atoms with Crippen LogP contribution in [-0.2, 0) is 9.57 Å². The van der Waals surface area contributed by atoms with Gasteiger partial charge >= 0.3 is 5.69 Å². The van der Waals surface area contributed by atoms with Crippen LogP contribution in [0.5, 0.6) is 0 Å². The van der Waals surface area contributed by atoms with E-state index in [1.54, 1.807) is 13.1 Å². The van der Waals surface area contributed by atoms with E-state index in [1.807, 2.05) is 0 Å². The smallest absolute Gasteiger partial charge is 0.351 e. The Balaban J connectivity index is 2.18. The normalized spacial score (nSPS) is 26.3. The number of nitrogens with two attached hydrogens (primary N) is 2. The van der Waals surface area contributed by atoms with Crippen LogP contribution in [0, 0.1) is 11.8 Å². The van der Waals surface area contributed by atoms with Gasteiger partial charge in [-0.05, 0) is 6.92 Å². The largest absolute Gasteiger partial charge is 0.383 e. The van der Waals surface area contributed by atoms with Crippen molar-refractivity contribution >= 4 is 5.82 Å². The van der Waals surface area contributed by atoms with Gasteiger partial charge in [0.05, 0.1) is 0 Å². The fraction of sp³-hybridized carbons (Fsp3) is 0.600. The summed E-state index contributed by atoms with van der Waals surface area (Å²) in [6.07, 6.45) is 0.947. The van der Waals surface area contributed by atoms with Gasteiger partial charge in [-0.3, -0.25) is 4.57 Å². The van der Waals surface area contributed by atoms with Crippen LogP contribution >= 0.6 is 0 Å². The van der Waals surface area contributed by atoms with E-state index in [0.29, 0.717) is 12.0 Å². The van der Waals surface area contributed by atoms with E-state index >= 15 is 0 Å². The molecule has 0 radical (unpaired) electrons. The molecule has 1 unspecified atom stereocenters. The predicted octanol–water partition coefficient (Wildman–Crippen LogP) is -0.553. The Hall–Kier alpha value is -2.00. The van der Waals surface area contributed by atoms with Crippen molar-refractivity contribution in [3.8, 4) is 0 Å². The molecule has 0 saturated carbocycles. The monoisotopic (exact) mass is 269 g/mol. The lowest BCUT2D eigenvalue weighted by atomic mass is 10.1. The molecule has 9 heteroatoms. The molecule has 1 aliphatic heterocycles. The van der Waals surface area contributed by atoms with Crippen molar-refractivity contribution in [1.82, 2.24) is 9.55 Å². The van der Waals surface area contributed by atoms with E-state index < -0.39 is 18.0 Å². The second-order valence-corrected chi connectivity index (χ2v) is 4.40. The van der Waals surface area contributed by atoms with Crippen molar-refractivity contribution in [2.45, 2.75) is 31.7 Å². The second-order valence-electron chi connectivity index (χ2n) is 4.40. The number of nitrogens with zero attached hydrogens (tertiary/aromatic N) is 3. The zero-order chi connectivity index (χ0) is 14.0. The van der Waals surface area contributed by atoms with E-state index in [2.05, 4.69) is 15.2 Å². The minimum absolute atomic E-state index is 0.0443. The van der Waals surface area contributed by atoms with Gasteiger partial charge in [-0.1, -0.05) is 0 Å². The summed E-state index contributed by atoms with van der Waals surface area (Å²) in [7, 11) is 0. The highest BCUT2D eigenvalue weighted by atomic mass is 16.7. The maximum absolute atomic E-state index is 11.8. The molecule has 1 aromatic rings. The molecule has 104 valence electrons. The highest BCUT2D eigenvalue weighted by Crippen LogP contribution is 2.27. The van der Waals surface area contributed by atoms with Gasteiger partial charge in [-0.25, -0.2) is 4.79 Å². The van der Waals surface area contributed by atoms with Crippen LogP contribution in [0.1, 0.15) is 18.2 Å². The van der Waals surface area contributed by atoms with E-state index in [1.165, 1.54) is 4.57 Å². The van der Waals surface area contributed by atoms with Crippen LogP contribution in [0.25, 0.3) is 0 Å². The summed E-state index contributed by atoms with van der Waals surface area (Å²) >= 11 is 0. The van der Waals surface area contributed by atoms with Crippen molar-refractivity contribution in [2.24, 2.45) is 11.1 Å². The highest BCUT2D eigenvalue weighted by Gasteiger charge is 2.35. The number of hydrogen-bond acceptors (Lipinski definition) is 8. The van der Waals surface area contributed by atoms with Crippen LogP contribution in [0.4, 0.5) is 5.82 Å². The van der Waals surface area contributed by atoms with E-state index in [9.17, 15) is 9.70 Å². The first-order valence-corrected chi connectivity index (χ1v) is 5.74. The molecule has 0 aliphatic carbocycles. The third-order valence-electron chi connectivity index (χ3n) is 3.06. The molecular weight excluding hydrogens is 254 g/mol. The van der Waals surface area contributed by atoms with Gasteiger partial charge in [-0.15, -0.1) is 4.91 Å². The minimum Gasteiger partial charge on any atom is -0.383 e. The summed E-state index contributed by atoms with van der Waals surface area (Å²) in [6.45, 7) is 1.70. The number of aromatic nitrogens is 2. The van der Waals surface area contributed by atoms with Gasteiger partial charge in [-0.2, -0.15) is 4.98 Å². The summed E-state index contributed by atoms with van der Waals surface area (Å²) in [5.41, 5.74) is 11.6. The third-order valence-corrected chi connectivity index (χ3v) is 3.06. The van der Waals surface area contributed by atoms with Crippen molar-refractivity contribution < 1.29 is 9.57 Å². The molecule has 0 aromatic carbocycles. The molecule has 0 amide bonds. The molecule has 1 fully saturated rings. The van der Waals surface area contributed by atoms with Crippen molar-refractivity contribution in [2.75, 3.05) is 12.3 Å². The van der Waals surface area contributed by atoms with Crippen molar-refractivity contribution in [3.63, 3.8) is 0 Å². The predicted molar refractivity (Wildman–Crippen MR) is 65.9 cm³/mol. The fourth-order valence-corrected chi connectivity index (χ4v) is 1.97. The first-order chi connectivity index (χ1) is 9.02. The first-order valence-electron chi connectivity index (χ1n) is 5.74. The average molecular weight is 269 g/mol. The molecule has 4 N–H and O–H groups in total. The Morgan fingerprint density at radius 3 is 3.11 bits per heavy atom. The summed E-state index contributed by atoms with van der Waals surface area (Å²) in [4.78, 5) is 29.7. The summed E-state index contributed by atoms with van der Waals surface area (Å²) < 4.78 is 6.90. The molecule has 19 heavy (non-hydrogen) atoms. The number of nitrogen functional groups attached to an aromatic ring is 1. The summed E-state index contributed by atoms with van der Waals surface area (Å²) in [5, 5.41) is 2.29. The van der Waals surface area contributed by atoms with Gasteiger partial charge in [0.15, 0.2) is 5.34 Å². The Morgan fingerprint density at radius 2 is 2.42 bits per heavy atom. The Labute approximate surface area is 108 Å². The number of ether oxygens (including phenoxy) is 1. The Kier molecular flexibility index (Phi) is 3.76. The SMILES string of the molecule is Cc1cn([C@H]2C[C@@H](N)C(CON=O)O2)c(=O)nc1N.